The first-order valence-electron chi connectivity index (χ1n) is 11.1. The van der Waals surface area contributed by atoms with Crippen molar-refractivity contribution < 1.29 is 27.1 Å². The molecule has 1 saturated heterocycles. The van der Waals surface area contributed by atoms with Gasteiger partial charge in [-0.3, -0.25) is 4.79 Å². The fourth-order valence-corrected chi connectivity index (χ4v) is 4.38. The first kappa shape index (κ1) is 22.9. The number of alkyl halides is 3. The Hall–Kier alpha value is -3.88. The van der Waals surface area contributed by atoms with Crippen LogP contribution in [-0.4, -0.2) is 47.2 Å². The zero-order chi connectivity index (χ0) is 24.7. The van der Waals surface area contributed by atoms with Gasteiger partial charge in [0.15, 0.2) is 5.75 Å². The number of carbonyl (C=O) groups is 1. The summed E-state index contributed by atoms with van der Waals surface area (Å²) in [5.74, 6) is 0.251. The molecule has 5 rings (SSSR count). The molecule has 35 heavy (non-hydrogen) atoms. The molecule has 0 bridgehead atoms. The van der Waals surface area contributed by atoms with Crippen LogP contribution in [0, 0.1) is 5.82 Å². The van der Waals surface area contributed by atoms with E-state index in [-0.39, 0.29) is 28.9 Å². The largest absolute Gasteiger partial charge is 0.454 e. The Balaban J connectivity index is 1.46. The summed E-state index contributed by atoms with van der Waals surface area (Å²) in [5.41, 5.74) is 0.403. The van der Waals surface area contributed by atoms with Gasteiger partial charge in [-0.1, -0.05) is 18.2 Å². The number of aliphatic imine (C=N–C) groups is 1. The minimum atomic E-state index is -4.50. The second kappa shape index (κ2) is 8.72. The number of ether oxygens (including phenoxy) is 1. The lowest BCUT2D eigenvalue weighted by Crippen LogP contribution is -2.55. The zero-order valence-electron chi connectivity index (χ0n) is 18.7. The maximum atomic E-state index is 13.6. The summed E-state index contributed by atoms with van der Waals surface area (Å²) in [6.45, 7) is 3.14. The van der Waals surface area contributed by atoms with Crippen molar-refractivity contribution in [2.45, 2.75) is 19.1 Å². The van der Waals surface area contributed by atoms with Crippen molar-refractivity contribution >= 4 is 17.4 Å². The minimum Gasteiger partial charge on any atom is -0.454 e. The number of piperazine rings is 1. The molecule has 0 spiro atoms. The van der Waals surface area contributed by atoms with Crippen LogP contribution in [0.1, 0.15) is 28.4 Å². The fourth-order valence-electron chi connectivity index (χ4n) is 4.38. The lowest BCUT2D eigenvalue weighted by Gasteiger charge is -2.41. The molecule has 0 radical (unpaired) electrons. The number of nitrogens with zero attached hydrogens (tertiary/aromatic N) is 3. The maximum absolute atomic E-state index is 13.6. The van der Waals surface area contributed by atoms with Crippen LogP contribution < -0.4 is 4.74 Å². The summed E-state index contributed by atoms with van der Waals surface area (Å²) in [6.07, 6.45) is -4.50. The zero-order valence-corrected chi connectivity index (χ0v) is 18.7. The van der Waals surface area contributed by atoms with E-state index in [0.29, 0.717) is 36.8 Å². The first-order valence-corrected chi connectivity index (χ1v) is 11.1. The van der Waals surface area contributed by atoms with E-state index in [9.17, 15) is 22.4 Å². The number of fused-ring (bicyclic) bond motifs is 2. The van der Waals surface area contributed by atoms with E-state index >= 15 is 0 Å². The van der Waals surface area contributed by atoms with Crippen molar-refractivity contribution in [3.8, 4) is 11.5 Å². The fraction of sp³-hybridized carbons (Fsp3) is 0.231. The van der Waals surface area contributed by atoms with Crippen LogP contribution in [0.5, 0.6) is 11.5 Å². The Bertz CT molecular complexity index is 1320. The van der Waals surface area contributed by atoms with Crippen molar-refractivity contribution in [3.63, 3.8) is 0 Å². The Morgan fingerprint density at radius 3 is 2.54 bits per heavy atom. The average Bonchev–Trinajstić information content (AvgIpc) is 2.99. The Labute approximate surface area is 199 Å². The van der Waals surface area contributed by atoms with Gasteiger partial charge in [0.25, 0.3) is 5.91 Å². The summed E-state index contributed by atoms with van der Waals surface area (Å²) >= 11 is 0. The standard InChI is InChI=1S/C26H21F4N3O2/c1-16-15-32(11-12-33(16)25(34)17-5-4-6-19(27)13-17)24-20-7-2-3-8-22(20)35-23-14-18(26(28,29)30)9-10-21(23)31-24/h2-10,13-14,16H,11-12,15H2,1H3/t16-/m0/s1. The molecule has 3 aromatic rings. The van der Waals surface area contributed by atoms with Crippen molar-refractivity contribution in [1.82, 2.24) is 9.80 Å². The summed E-state index contributed by atoms with van der Waals surface area (Å²) in [5, 5.41) is 0. The molecule has 0 aromatic heterocycles. The molecule has 2 aliphatic rings. The Kier molecular flexibility index (Phi) is 5.70. The third-order valence-corrected chi connectivity index (χ3v) is 6.12. The van der Waals surface area contributed by atoms with E-state index in [1.807, 2.05) is 17.9 Å². The van der Waals surface area contributed by atoms with Crippen LogP contribution >= 0.6 is 0 Å². The normalized spacial score (nSPS) is 17.6. The number of amidine groups is 1. The van der Waals surface area contributed by atoms with E-state index in [4.69, 9.17) is 9.73 Å². The topological polar surface area (TPSA) is 45.1 Å². The van der Waals surface area contributed by atoms with Gasteiger partial charge < -0.3 is 14.5 Å². The highest BCUT2D eigenvalue weighted by molar-refractivity contribution is 6.04. The minimum absolute atomic E-state index is 0.0234. The van der Waals surface area contributed by atoms with Crippen LogP contribution in [0.4, 0.5) is 23.2 Å². The van der Waals surface area contributed by atoms with Gasteiger partial charge in [0, 0.05) is 31.2 Å². The molecule has 1 fully saturated rings. The van der Waals surface area contributed by atoms with Crippen LogP contribution in [0.2, 0.25) is 0 Å². The molecule has 1 amide bonds. The van der Waals surface area contributed by atoms with Gasteiger partial charge in [0.2, 0.25) is 0 Å². The highest BCUT2D eigenvalue weighted by Crippen LogP contribution is 2.42. The van der Waals surface area contributed by atoms with Crippen LogP contribution in [-0.2, 0) is 6.18 Å². The van der Waals surface area contributed by atoms with Gasteiger partial charge in [-0.25, -0.2) is 9.38 Å². The predicted molar refractivity (Wildman–Crippen MR) is 123 cm³/mol. The quantitative estimate of drug-likeness (QED) is 0.407. The molecular formula is C26H21F4N3O2. The molecule has 5 nitrogen and oxygen atoms in total. The van der Waals surface area contributed by atoms with Gasteiger partial charge in [0.05, 0.1) is 11.1 Å². The van der Waals surface area contributed by atoms with E-state index in [1.54, 1.807) is 29.2 Å². The number of amides is 1. The Morgan fingerprint density at radius 1 is 1.00 bits per heavy atom. The monoisotopic (exact) mass is 483 g/mol. The number of para-hydroxylation sites is 1. The summed E-state index contributed by atoms with van der Waals surface area (Å²) in [4.78, 5) is 21.4. The van der Waals surface area contributed by atoms with Gasteiger partial charge in [-0.15, -0.1) is 0 Å². The molecular weight excluding hydrogens is 462 g/mol. The molecule has 1 atom stereocenters. The predicted octanol–water partition coefficient (Wildman–Crippen LogP) is 5.88. The number of rotatable bonds is 1. The lowest BCUT2D eigenvalue weighted by atomic mass is 10.1. The summed E-state index contributed by atoms with van der Waals surface area (Å²) < 4.78 is 59.3. The molecule has 2 aliphatic heterocycles. The molecule has 0 N–H and O–H groups in total. The van der Waals surface area contributed by atoms with Crippen molar-refractivity contribution in [2.24, 2.45) is 4.99 Å². The highest BCUT2D eigenvalue weighted by Gasteiger charge is 2.34. The molecule has 0 saturated carbocycles. The molecule has 180 valence electrons. The lowest BCUT2D eigenvalue weighted by molar-refractivity contribution is -0.137. The third kappa shape index (κ3) is 4.45. The third-order valence-electron chi connectivity index (χ3n) is 6.12. The van der Waals surface area contributed by atoms with Crippen molar-refractivity contribution in [2.75, 3.05) is 19.6 Å². The van der Waals surface area contributed by atoms with E-state index in [1.165, 1.54) is 24.3 Å². The summed E-state index contributed by atoms with van der Waals surface area (Å²) in [6, 6.07) is 15.7. The molecule has 0 unspecified atom stereocenters. The van der Waals surface area contributed by atoms with Crippen molar-refractivity contribution in [3.05, 3.63) is 89.2 Å². The molecule has 0 aliphatic carbocycles. The van der Waals surface area contributed by atoms with Crippen LogP contribution in [0.15, 0.2) is 71.7 Å². The SMILES string of the molecule is C[C@H]1CN(C2=Nc3ccc(C(F)(F)F)cc3Oc3ccccc32)CCN1C(=O)c1cccc(F)c1. The van der Waals surface area contributed by atoms with E-state index < -0.39 is 17.6 Å². The van der Waals surface area contributed by atoms with Crippen LogP contribution in [0.3, 0.4) is 0 Å². The van der Waals surface area contributed by atoms with E-state index in [0.717, 1.165) is 12.1 Å². The smallest absolute Gasteiger partial charge is 0.416 e. The van der Waals surface area contributed by atoms with E-state index in [2.05, 4.69) is 0 Å². The van der Waals surface area contributed by atoms with Crippen molar-refractivity contribution in [1.29, 1.82) is 0 Å². The average molecular weight is 483 g/mol. The highest BCUT2D eigenvalue weighted by atomic mass is 19.4. The van der Waals surface area contributed by atoms with Crippen LogP contribution in [0.25, 0.3) is 0 Å². The van der Waals surface area contributed by atoms with Gasteiger partial charge in [-0.05, 0) is 55.5 Å². The second-order valence-electron chi connectivity index (χ2n) is 8.52. The molecule has 9 heteroatoms. The van der Waals surface area contributed by atoms with Gasteiger partial charge >= 0.3 is 6.18 Å². The number of carbonyl (C=O) groups excluding carboxylic acids is 1. The molecule has 3 aromatic carbocycles. The number of benzene rings is 3. The first-order chi connectivity index (χ1) is 16.7. The number of hydrogen-bond donors (Lipinski definition) is 0. The number of hydrogen-bond acceptors (Lipinski definition) is 4. The second-order valence-corrected chi connectivity index (χ2v) is 8.52. The number of halogens is 4. The molecule has 2 heterocycles. The Morgan fingerprint density at radius 2 is 1.80 bits per heavy atom. The maximum Gasteiger partial charge on any atom is 0.416 e. The van der Waals surface area contributed by atoms with Gasteiger partial charge in [-0.2, -0.15) is 13.2 Å². The summed E-state index contributed by atoms with van der Waals surface area (Å²) in [7, 11) is 0. The van der Waals surface area contributed by atoms with Gasteiger partial charge in [0.1, 0.15) is 23.1 Å².